The highest BCUT2D eigenvalue weighted by Gasteiger charge is 2.16. The lowest BCUT2D eigenvalue weighted by molar-refractivity contribution is 0.0699. The van der Waals surface area contributed by atoms with Crippen LogP contribution in [-0.4, -0.2) is 18.2 Å². The third-order valence-electron chi connectivity index (χ3n) is 2.17. The molecule has 0 aliphatic heterocycles. The SMILES string of the molecule is COc1cc(-c2ccccc2)sc1C(=O)O.Cl. The minimum atomic E-state index is -0.955. The molecule has 0 aliphatic carbocycles. The van der Waals surface area contributed by atoms with Crippen LogP contribution in [-0.2, 0) is 0 Å². The quantitative estimate of drug-likeness (QED) is 0.928. The number of halogens is 1. The normalized spacial score (nSPS) is 9.47. The molecule has 0 radical (unpaired) electrons. The van der Waals surface area contributed by atoms with E-state index in [4.69, 9.17) is 9.84 Å². The van der Waals surface area contributed by atoms with E-state index in [1.807, 2.05) is 30.3 Å². The number of carboxylic acids is 1. The van der Waals surface area contributed by atoms with Crippen molar-refractivity contribution in [3.8, 4) is 16.2 Å². The van der Waals surface area contributed by atoms with Gasteiger partial charge in [-0.05, 0) is 11.6 Å². The van der Waals surface area contributed by atoms with Gasteiger partial charge in [-0.15, -0.1) is 23.7 Å². The molecule has 5 heteroatoms. The number of benzene rings is 1. The molecule has 90 valence electrons. The Morgan fingerprint density at radius 3 is 2.41 bits per heavy atom. The second-order valence-corrected chi connectivity index (χ2v) is 4.23. The van der Waals surface area contributed by atoms with E-state index < -0.39 is 5.97 Å². The van der Waals surface area contributed by atoms with Gasteiger partial charge in [0.15, 0.2) is 4.88 Å². The molecule has 0 saturated heterocycles. The number of methoxy groups -OCH3 is 1. The zero-order chi connectivity index (χ0) is 11.5. The van der Waals surface area contributed by atoms with Crippen LogP contribution in [0.5, 0.6) is 5.75 Å². The van der Waals surface area contributed by atoms with E-state index in [1.165, 1.54) is 18.4 Å². The van der Waals surface area contributed by atoms with E-state index in [9.17, 15) is 4.79 Å². The number of hydrogen-bond donors (Lipinski definition) is 1. The largest absolute Gasteiger partial charge is 0.495 e. The summed E-state index contributed by atoms with van der Waals surface area (Å²) in [6.45, 7) is 0. The van der Waals surface area contributed by atoms with Gasteiger partial charge in [0, 0.05) is 4.88 Å². The average molecular weight is 271 g/mol. The Balaban J connectivity index is 0.00000144. The zero-order valence-corrected chi connectivity index (χ0v) is 10.7. The van der Waals surface area contributed by atoms with Crippen molar-refractivity contribution in [3.63, 3.8) is 0 Å². The Bertz CT molecular complexity index is 508. The number of thiophene rings is 1. The van der Waals surface area contributed by atoms with Gasteiger partial charge >= 0.3 is 5.97 Å². The smallest absolute Gasteiger partial charge is 0.349 e. The minimum absolute atomic E-state index is 0. The van der Waals surface area contributed by atoms with Crippen LogP contribution in [0.1, 0.15) is 9.67 Å². The second-order valence-electron chi connectivity index (χ2n) is 3.18. The molecule has 0 bridgehead atoms. The van der Waals surface area contributed by atoms with E-state index in [-0.39, 0.29) is 17.3 Å². The van der Waals surface area contributed by atoms with Crippen LogP contribution in [0, 0.1) is 0 Å². The van der Waals surface area contributed by atoms with Crippen LogP contribution in [0.4, 0.5) is 0 Å². The fourth-order valence-electron chi connectivity index (χ4n) is 1.42. The molecule has 17 heavy (non-hydrogen) atoms. The third-order valence-corrected chi connectivity index (χ3v) is 3.32. The van der Waals surface area contributed by atoms with Gasteiger partial charge in [0.1, 0.15) is 5.75 Å². The molecule has 0 unspecified atom stereocenters. The first-order chi connectivity index (χ1) is 7.72. The van der Waals surface area contributed by atoms with Crippen molar-refractivity contribution in [2.24, 2.45) is 0 Å². The molecule has 2 aromatic rings. The average Bonchev–Trinajstić information content (AvgIpc) is 2.74. The highest BCUT2D eigenvalue weighted by Crippen LogP contribution is 2.35. The molecule has 0 saturated carbocycles. The van der Waals surface area contributed by atoms with Gasteiger partial charge in [-0.1, -0.05) is 30.3 Å². The Kier molecular flexibility index (Phi) is 4.54. The highest BCUT2D eigenvalue weighted by atomic mass is 35.5. The van der Waals surface area contributed by atoms with Gasteiger partial charge in [0.05, 0.1) is 7.11 Å². The fourth-order valence-corrected chi connectivity index (χ4v) is 2.39. The number of carbonyl (C=O) groups is 1. The summed E-state index contributed by atoms with van der Waals surface area (Å²) in [7, 11) is 1.48. The monoisotopic (exact) mass is 270 g/mol. The lowest BCUT2D eigenvalue weighted by Crippen LogP contribution is -1.94. The van der Waals surface area contributed by atoms with Crippen molar-refractivity contribution in [1.82, 2.24) is 0 Å². The molecule has 3 nitrogen and oxygen atoms in total. The maximum Gasteiger partial charge on any atom is 0.349 e. The van der Waals surface area contributed by atoms with E-state index in [0.717, 1.165) is 10.4 Å². The van der Waals surface area contributed by atoms with Crippen LogP contribution in [0.3, 0.4) is 0 Å². The first-order valence-corrected chi connectivity index (χ1v) is 5.50. The molecular weight excluding hydrogens is 260 g/mol. The molecular formula is C12H11ClO3S. The van der Waals surface area contributed by atoms with E-state index in [1.54, 1.807) is 6.07 Å². The Morgan fingerprint density at radius 2 is 1.94 bits per heavy atom. The number of rotatable bonds is 3. The van der Waals surface area contributed by atoms with Crippen molar-refractivity contribution in [2.75, 3.05) is 7.11 Å². The van der Waals surface area contributed by atoms with Crippen LogP contribution >= 0.6 is 23.7 Å². The molecule has 1 aromatic carbocycles. The molecule has 0 spiro atoms. The van der Waals surface area contributed by atoms with Crippen LogP contribution in [0.2, 0.25) is 0 Å². The summed E-state index contributed by atoms with van der Waals surface area (Å²) in [4.78, 5) is 12.1. The second kappa shape index (κ2) is 5.70. The molecule has 0 atom stereocenters. The number of ether oxygens (including phenoxy) is 1. The minimum Gasteiger partial charge on any atom is -0.495 e. The lowest BCUT2D eigenvalue weighted by Gasteiger charge is -1.94. The maximum absolute atomic E-state index is 11.0. The molecule has 2 rings (SSSR count). The van der Waals surface area contributed by atoms with Crippen molar-refractivity contribution in [3.05, 3.63) is 41.3 Å². The first kappa shape index (κ1) is 13.5. The maximum atomic E-state index is 11.0. The van der Waals surface area contributed by atoms with E-state index >= 15 is 0 Å². The first-order valence-electron chi connectivity index (χ1n) is 4.69. The Labute approximate surface area is 109 Å². The highest BCUT2D eigenvalue weighted by molar-refractivity contribution is 7.17. The molecule has 1 heterocycles. The van der Waals surface area contributed by atoms with E-state index in [2.05, 4.69) is 0 Å². The van der Waals surface area contributed by atoms with Gasteiger partial charge in [0.2, 0.25) is 0 Å². The van der Waals surface area contributed by atoms with Crippen molar-refractivity contribution in [2.45, 2.75) is 0 Å². The van der Waals surface area contributed by atoms with Gasteiger partial charge in [-0.2, -0.15) is 0 Å². The van der Waals surface area contributed by atoms with Crippen LogP contribution < -0.4 is 4.74 Å². The number of hydrogen-bond acceptors (Lipinski definition) is 3. The fraction of sp³-hybridized carbons (Fsp3) is 0.0833. The Hall–Kier alpha value is -1.52. The van der Waals surface area contributed by atoms with Crippen molar-refractivity contribution < 1.29 is 14.6 Å². The van der Waals surface area contributed by atoms with E-state index in [0.29, 0.717) is 5.75 Å². The summed E-state index contributed by atoms with van der Waals surface area (Å²) >= 11 is 1.22. The standard InChI is InChI=1S/C12H10O3S.ClH/c1-15-9-7-10(16-11(9)12(13)14)8-5-3-2-4-6-8;/h2-7H,1H3,(H,13,14);1H. The summed E-state index contributed by atoms with van der Waals surface area (Å²) in [6.07, 6.45) is 0. The molecule has 0 amide bonds. The van der Waals surface area contributed by atoms with Crippen molar-refractivity contribution in [1.29, 1.82) is 0 Å². The van der Waals surface area contributed by atoms with Crippen LogP contribution in [0.15, 0.2) is 36.4 Å². The van der Waals surface area contributed by atoms with Crippen molar-refractivity contribution >= 4 is 29.7 Å². The topological polar surface area (TPSA) is 46.5 Å². The third kappa shape index (κ3) is 2.78. The van der Waals surface area contributed by atoms with Gasteiger partial charge in [-0.25, -0.2) is 4.79 Å². The van der Waals surface area contributed by atoms with Gasteiger partial charge < -0.3 is 9.84 Å². The Morgan fingerprint density at radius 1 is 1.29 bits per heavy atom. The summed E-state index contributed by atoms with van der Waals surface area (Å²) < 4.78 is 5.04. The number of aromatic carboxylic acids is 1. The molecule has 0 fully saturated rings. The zero-order valence-electron chi connectivity index (χ0n) is 9.04. The lowest BCUT2D eigenvalue weighted by atomic mass is 10.2. The molecule has 0 aliphatic rings. The molecule has 1 aromatic heterocycles. The number of carboxylic acid groups (broad SMARTS) is 1. The summed E-state index contributed by atoms with van der Waals surface area (Å²) in [5.41, 5.74) is 0.998. The predicted octanol–water partition coefficient (Wildman–Crippen LogP) is 3.54. The van der Waals surface area contributed by atoms with Gasteiger partial charge in [-0.3, -0.25) is 0 Å². The van der Waals surface area contributed by atoms with Crippen LogP contribution in [0.25, 0.3) is 10.4 Å². The molecule has 1 N–H and O–H groups in total. The summed E-state index contributed by atoms with van der Waals surface area (Å²) in [5.74, 6) is -0.541. The summed E-state index contributed by atoms with van der Waals surface area (Å²) in [6, 6.07) is 11.4. The summed E-state index contributed by atoms with van der Waals surface area (Å²) in [5, 5.41) is 8.99. The predicted molar refractivity (Wildman–Crippen MR) is 70.5 cm³/mol. The van der Waals surface area contributed by atoms with Gasteiger partial charge in [0.25, 0.3) is 0 Å².